The van der Waals surface area contributed by atoms with Crippen LogP contribution in [-0.2, 0) is 0 Å². The van der Waals surface area contributed by atoms with E-state index in [0.717, 1.165) is 0 Å². The second-order valence-electron chi connectivity index (χ2n) is 1.04. The summed E-state index contributed by atoms with van der Waals surface area (Å²) in [7, 11) is 0. The van der Waals surface area contributed by atoms with Gasteiger partial charge in [0.2, 0.25) is 0 Å². The molecule has 0 amide bonds. The van der Waals surface area contributed by atoms with Crippen LogP contribution in [0.25, 0.3) is 0 Å². The second-order valence-corrected chi connectivity index (χ2v) is 1.46. The molecular formula is C4H3N2S. The van der Waals surface area contributed by atoms with Crippen molar-refractivity contribution in [1.29, 1.82) is 0 Å². The van der Waals surface area contributed by atoms with Gasteiger partial charge in [-0.1, -0.05) is 12.6 Å². The molecule has 0 unspecified atom stereocenters. The second kappa shape index (κ2) is 1.84. The van der Waals surface area contributed by atoms with Gasteiger partial charge >= 0.3 is 0 Å². The molecule has 1 aromatic heterocycles. The Balaban J connectivity index is 3.02. The molecule has 0 N–H and O–H groups in total. The SMILES string of the molecule is [S]c1cnccn1. The van der Waals surface area contributed by atoms with Gasteiger partial charge in [-0.2, -0.15) is 0 Å². The van der Waals surface area contributed by atoms with Crippen molar-refractivity contribution in [1.82, 2.24) is 9.97 Å². The maximum atomic E-state index is 4.64. The topological polar surface area (TPSA) is 25.8 Å². The minimum atomic E-state index is 0.544. The quantitative estimate of drug-likeness (QED) is 0.499. The summed E-state index contributed by atoms with van der Waals surface area (Å²) in [5, 5.41) is 0.544. The maximum Gasteiger partial charge on any atom is 0.144 e. The zero-order valence-electron chi connectivity index (χ0n) is 3.53. The Morgan fingerprint density at radius 2 is 2.29 bits per heavy atom. The Bertz CT molecular complexity index is 140. The Labute approximate surface area is 47.0 Å². The standard InChI is InChI=1S/C4H3N2S/c7-4-3-5-1-2-6-4/h1-3H. The highest BCUT2D eigenvalue weighted by Gasteiger charge is 1.77. The summed E-state index contributed by atoms with van der Waals surface area (Å²) in [6, 6.07) is 0. The third kappa shape index (κ3) is 1.08. The summed E-state index contributed by atoms with van der Waals surface area (Å²) in [6.45, 7) is 0. The van der Waals surface area contributed by atoms with Crippen molar-refractivity contribution in [2.24, 2.45) is 0 Å². The number of hydrogen-bond acceptors (Lipinski definition) is 2. The normalized spacial score (nSPS) is 8.57. The van der Waals surface area contributed by atoms with Crippen LogP contribution in [0.1, 0.15) is 0 Å². The Morgan fingerprint density at radius 3 is 2.57 bits per heavy atom. The van der Waals surface area contributed by atoms with Crippen molar-refractivity contribution in [2.45, 2.75) is 5.03 Å². The molecule has 0 aromatic carbocycles. The third-order valence-corrected chi connectivity index (χ3v) is 0.750. The van der Waals surface area contributed by atoms with Crippen LogP contribution in [0, 0.1) is 0 Å². The van der Waals surface area contributed by atoms with Crippen LogP contribution in [0.3, 0.4) is 0 Å². The van der Waals surface area contributed by atoms with Crippen LogP contribution in [-0.4, -0.2) is 9.97 Å². The molecule has 0 saturated heterocycles. The zero-order valence-corrected chi connectivity index (χ0v) is 4.35. The van der Waals surface area contributed by atoms with Crippen molar-refractivity contribution in [3.8, 4) is 0 Å². The number of nitrogens with zero attached hydrogens (tertiary/aromatic N) is 2. The van der Waals surface area contributed by atoms with Gasteiger partial charge in [-0.3, -0.25) is 4.98 Å². The molecule has 2 nitrogen and oxygen atoms in total. The minimum absolute atomic E-state index is 0.544. The molecule has 0 bridgehead atoms. The monoisotopic (exact) mass is 111 g/mol. The molecule has 7 heavy (non-hydrogen) atoms. The van der Waals surface area contributed by atoms with Crippen LogP contribution in [0.4, 0.5) is 0 Å². The van der Waals surface area contributed by atoms with E-state index in [1.165, 1.54) is 6.20 Å². The van der Waals surface area contributed by atoms with E-state index >= 15 is 0 Å². The van der Waals surface area contributed by atoms with E-state index in [1.807, 2.05) is 0 Å². The van der Waals surface area contributed by atoms with Crippen molar-refractivity contribution < 1.29 is 0 Å². The van der Waals surface area contributed by atoms with Crippen molar-refractivity contribution in [3.05, 3.63) is 18.6 Å². The lowest BCUT2D eigenvalue weighted by Crippen LogP contribution is -1.73. The molecule has 0 spiro atoms. The smallest absolute Gasteiger partial charge is 0.144 e. The van der Waals surface area contributed by atoms with Gasteiger partial charge in [-0.25, -0.2) is 4.98 Å². The molecule has 0 aliphatic heterocycles. The van der Waals surface area contributed by atoms with E-state index in [-0.39, 0.29) is 0 Å². The maximum absolute atomic E-state index is 4.64. The van der Waals surface area contributed by atoms with Gasteiger partial charge in [0, 0.05) is 12.4 Å². The van der Waals surface area contributed by atoms with E-state index < -0.39 is 0 Å². The summed E-state index contributed by atoms with van der Waals surface area (Å²) in [6.07, 6.45) is 4.70. The minimum Gasteiger partial charge on any atom is -0.260 e. The molecule has 0 atom stereocenters. The molecule has 0 aliphatic carbocycles. The van der Waals surface area contributed by atoms with E-state index in [1.54, 1.807) is 12.4 Å². The molecule has 35 valence electrons. The zero-order chi connectivity index (χ0) is 5.11. The first kappa shape index (κ1) is 4.46. The Hall–Kier alpha value is -0.700. The van der Waals surface area contributed by atoms with Crippen LogP contribution in [0.15, 0.2) is 23.6 Å². The molecule has 3 heteroatoms. The summed E-state index contributed by atoms with van der Waals surface area (Å²) in [5.74, 6) is 0. The average Bonchev–Trinajstić information content (AvgIpc) is 1.69. The van der Waals surface area contributed by atoms with Crippen molar-refractivity contribution >= 4 is 12.6 Å². The lowest BCUT2D eigenvalue weighted by molar-refractivity contribution is 1.06. The molecule has 0 saturated carbocycles. The highest BCUT2D eigenvalue weighted by atomic mass is 32.1. The predicted octanol–water partition coefficient (Wildman–Crippen LogP) is 1.03. The fourth-order valence-corrected chi connectivity index (χ4v) is 0.407. The van der Waals surface area contributed by atoms with Gasteiger partial charge in [0.15, 0.2) is 0 Å². The molecular weight excluding hydrogens is 108 g/mol. The van der Waals surface area contributed by atoms with Crippen molar-refractivity contribution in [3.63, 3.8) is 0 Å². The molecule has 0 aliphatic rings. The summed E-state index contributed by atoms with van der Waals surface area (Å²) in [4.78, 5) is 7.45. The fraction of sp³-hybridized carbons (Fsp3) is 0. The number of aromatic nitrogens is 2. The van der Waals surface area contributed by atoms with E-state index in [9.17, 15) is 0 Å². The van der Waals surface area contributed by atoms with Gasteiger partial charge in [0.25, 0.3) is 0 Å². The van der Waals surface area contributed by atoms with Crippen molar-refractivity contribution in [2.75, 3.05) is 0 Å². The van der Waals surface area contributed by atoms with E-state index in [0.29, 0.717) is 5.03 Å². The summed E-state index contributed by atoms with van der Waals surface area (Å²) in [5.41, 5.74) is 0. The first-order valence-electron chi connectivity index (χ1n) is 1.82. The van der Waals surface area contributed by atoms with E-state index in [4.69, 9.17) is 0 Å². The largest absolute Gasteiger partial charge is 0.260 e. The third-order valence-electron chi connectivity index (χ3n) is 0.539. The van der Waals surface area contributed by atoms with Crippen LogP contribution in [0.5, 0.6) is 0 Å². The number of hydrogen-bond donors (Lipinski definition) is 0. The van der Waals surface area contributed by atoms with Crippen LogP contribution >= 0.6 is 12.6 Å². The highest BCUT2D eigenvalue weighted by Crippen LogP contribution is 1.92. The average molecular weight is 111 g/mol. The lowest BCUT2D eigenvalue weighted by Gasteiger charge is -1.79. The summed E-state index contributed by atoms with van der Waals surface area (Å²) < 4.78 is 0. The molecule has 0 fully saturated rings. The first-order valence-corrected chi connectivity index (χ1v) is 2.23. The van der Waals surface area contributed by atoms with Gasteiger partial charge in [-0.05, 0) is 0 Å². The van der Waals surface area contributed by atoms with Gasteiger partial charge in [-0.15, -0.1) is 0 Å². The predicted molar refractivity (Wildman–Crippen MR) is 27.9 cm³/mol. The molecule has 1 radical (unpaired) electrons. The first-order chi connectivity index (χ1) is 3.39. The Kier molecular flexibility index (Phi) is 1.17. The molecule has 1 heterocycles. The lowest BCUT2D eigenvalue weighted by atomic mass is 10.8. The molecule has 1 rings (SSSR count). The highest BCUT2D eigenvalue weighted by molar-refractivity contribution is 7.80. The Morgan fingerprint density at radius 1 is 1.43 bits per heavy atom. The van der Waals surface area contributed by atoms with Crippen LogP contribution in [0.2, 0.25) is 0 Å². The van der Waals surface area contributed by atoms with Gasteiger partial charge in [0.1, 0.15) is 5.03 Å². The number of rotatable bonds is 0. The fourth-order valence-electron chi connectivity index (χ4n) is 0.285. The molecule has 1 aromatic rings. The summed E-state index contributed by atoms with van der Waals surface area (Å²) >= 11 is 4.64. The van der Waals surface area contributed by atoms with Crippen LogP contribution < -0.4 is 0 Å². The van der Waals surface area contributed by atoms with E-state index in [2.05, 4.69) is 22.6 Å². The van der Waals surface area contributed by atoms with Gasteiger partial charge in [0.05, 0.1) is 6.20 Å². The van der Waals surface area contributed by atoms with Gasteiger partial charge < -0.3 is 0 Å².